The molecule has 0 spiro atoms. The van der Waals surface area contributed by atoms with Gasteiger partial charge in [-0.25, -0.2) is 0 Å². The average Bonchev–Trinajstić information content (AvgIpc) is 2.83. The third-order valence-electron chi connectivity index (χ3n) is 2.06. The van der Waals surface area contributed by atoms with Crippen LogP contribution in [0, 0.1) is 0 Å². The van der Waals surface area contributed by atoms with Gasteiger partial charge in [-0.1, -0.05) is 18.2 Å². The lowest BCUT2D eigenvalue weighted by atomic mass is 10.3. The molecule has 1 heterocycles. The fourth-order valence-electron chi connectivity index (χ4n) is 1.31. The summed E-state index contributed by atoms with van der Waals surface area (Å²) in [5, 5.41) is 0. The van der Waals surface area contributed by atoms with Crippen molar-refractivity contribution in [2.75, 3.05) is 11.4 Å². The van der Waals surface area contributed by atoms with Gasteiger partial charge in [-0.15, -0.1) is 0 Å². The molecule has 0 aliphatic carbocycles. The van der Waals surface area contributed by atoms with Crippen LogP contribution in [-0.4, -0.2) is 22.1 Å². The van der Waals surface area contributed by atoms with Crippen molar-refractivity contribution < 1.29 is 14.4 Å². The molecule has 0 saturated carbocycles. The smallest absolute Gasteiger partial charge is 0.349 e. The predicted molar refractivity (Wildman–Crippen MR) is 49.6 cm³/mol. The zero-order valence-electron chi connectivity index (χ0n) is 6.87. The van der Waals surface area contributed by atoms with Crippen molar-refractivity contribution in [3.05, 3.63) is 30.3 Å². The zero-order chi connectivity index (χ0) is 9.47. The van der Waals surface area contributed by atoms with Crippen LogP contribution < -0.4 is 4.90 Å². The lowest BCUT2D eigenvalue weighted by Crippen LogP contribution is -1.99. The van der Waals surface area contributed by atoms with E-state index in [0.717, 1.165) is 5.69 Å². The zero-order valence-corrected chi connectivity index (χ0v) is 7.76. The van der Waals surface area contributed by atoms with Crippen LogP contribution in [-0.2, 0) is 4.57 Å². The van der Waals surface area contributed by atoms with E-state index >= 15 is 0 Å². The SMILES string of the molecule is O=P(O)(O)C1CN1c1ccccc1. The largest absolute Gasteiger partial charge is 0.353 e. The van der Waals surface area contributed by atoms with Crippen LogP contribution in [0.15, 0.2) is 30.3 Å². The first kappa shape index (κ1) is 8.75. The molecule has 1 aliphatic rings. The molecule has 5 heteroatoms. The van der Waals surface area contributed by atoms with Crippen molar-refractivity contribution in [1.29, 1.82) is 0 Å². The van der Waals surface area contributed by atoms with Gasteiger partial charge in [-0.3, -0.25) is 4.57 Å². The first-order valence-corrected chi connectivity index (χ1v) is 5.64. The molecule has 1 aromatic carbocycles. The van der Waals surface area contributed by atoms with Gasteiger partial charge < -0.3 is 14.7 Å². The molecule has 2 rings (SSSR count). The van der Waals surface area contributed by atoms with Crippen LogP contribution in [0.25, 0.3) is 0 Å². The Morgan fingerprint density at radius 2 is 1.92 bits per heavy atom. The van der Waals surface area contributed by atoms with Crippen LogP contribution in [0.4, 0.5) is 5.69 Å². The monoisotopic (exact) mass is 199 g/mol. The summed E-state index contributed by atoms with van der Waals surface area (Å²) in [4.78, 5) is 19.4. The average molecular weight is 199 g/mol. The van der Waals surface area contributed by atoms with E-state index in [1.165, 1.54) is 0 Å². The summed E-state index contributed by atoms with van der Waals surface area (Å²) in [7, 11) is -3.92. The number of benzene rings is 1. The van der Waals surface area contributed by atoms with E-state index in [9.17, 15) is 4.57 Å². The molecular formula is C8H10NO3P. The Labute approximate surface area is 76.0 Å². The van der Waals surface area contributed by atoms with Gasteiger partial charge in [-0.05, 0) is 12.1 Å². The summed E-state index contributed by atoms with van der Waals surface area (Å²) in [6.07, 6.45) is 0. The number of nitrogens with zero attached hydrogens (tertiary/aromatic N) is 1. The first-order valence-electron chi connectivity index (χ1n) is 3.96. The highest BCUT2D eigenvalue weighted by Crippen LogP contribution is 2.52. The molecule has 0 bridgehead atoms. The third-order valence-corrected chi connectivity index (χ3v) is 3.28. The Kier molecular flexibility index (Phi) is 1.91. The second-order valence-corrected chi connectivity index (χ2v) is 4.83. The molecule has 1 unspecified atom stereocenters. The van der Waals surface area contributed by atoms with Gasteiger partial charge in [0.2, 0.25) is 0 Å². The van der Waals surface area contributed by atoms with Gasteiger partial charge >= 0.3 is 7.60 Å². The van der Waals surface area contributed by atoms with Gasteiger partial charge in [0.1, 0.15) is 5.78 Å². The summed E-state index contributed by atoms with van der Waals surface area (Å²) < 4.78 is 10.8. The van der Waals surface area contributed by atoms with Gasteiger partial charge in [-0.2, -0.15) is 0 Å². The molecule has 1 atom stereocenters. The van der Waals surface area contributed by atoms with Crippen LogP contribution >= 0.6 is 7.60 Å². The summed E-state index contributed by atoms with van der Waals surface area (Å²) in [5.74, 6) is -0.602. The summed E-state index contributed by atoms with van der Waals surface area (Å²) in [6.45, 7) is 0.453. The molecular weight excluding hydrogens is 189 g/mol. The maximum absolute atomic E-state index is 10.8. The number of hydrogen-bond donors (Lipinski definition) is 2. The van der Waals surface area contributed by atoms with Gasteiger partial charge in [0.05, 0.1) is 6.54 Å². The molecule has 0 aromatic heterocycles. The molecule has 1 fully saturated rings. The minimum absolute atomic E-state index is 0.453. The first-order chi connectivity index (χ1) is 6.09. The molecule has 70 valence electrons. The van der Waals surface area contributed by atoms with Crippen LogP contribution in [0.1, 0.15) is 0 Å². The topological polar surface area (TPSA) is 60.5 Å². The van der Waals surface area contributed by atoms with Crippen molar-refractivity contribution in [1.82, 2.24) is 0 Å². The lowest BCUT2D eigenvalue weighted by Gasteiger charge is -2.05. The molecule has 1 saturated heterocycles. The van der Waals surface area contributed by atoms with E-state index in [4.69, 9.17) is 9.79 Å². The van der Waals surface area contributed by atoms with Crippen LogP contribution in [0.5, 0.6) is 0 Å². The van der Waals surface area contributed by atoms with E-state index in [1.54, 1.807) is 4.90 Å². The molecule has 2 N–H and O–H groups in total. The lowest BCUT2D eigenvalue weighted by molar-refractivity contribution is 0.371. The van der Waals surface area contributed by atoms with E-state index in [0.29, 0.717) is 6.54 Å². The molecule has 0 amide bonds. The normalized spacial score (nSPS) is 21.7. The Balaban J connectivity index is 2.13. The number of hydrogen-bond acceptors (Lipinski definition) is 2. The van der Waals surface area contributed by atoms with Gasteiger partial charge in [0.15, 0.2) is 0 Å². The maximum atomic E-state index is 10.8. The summed E-state index contributed by atoms with van der Waals surface area (Å²) >= 11 is 0. The fourth-order valence-corrected chi connectivity index (χ4v) is 2.20. The Morgan fingerprint density at radius 3 is 2.38 bits per heavy atom. The van der Waals surface area contributed by atoms with E-state index < -0.39 is 13.4 Å². The number of anilines is 1. The summed E-state index contributed by atoms with van der Waals surface area (Å²) in [5.41, 5.74) is 0.871. The number of para-hydroxylation sites is 1. The van der Waals surface area contributed by atoms with E-state index in [-0.39, 0.29) is 0 Å². The minimum Gasteiger partial charge on any atom is -0.353 e. The van der Waals surface area contributed by atoms with Crippen LogP contribution in [0.2, 0.25) is 0 Å². The highest BCUT2D eigenvalue weighted by atomic mass is 31.2. The van der Waals surface area contributed by atoms with Crippen molar-refractivity contribution >= 4 is 13.3 Å². The quantitative estimate of drug-likeness (QED) is 0.551. The highest BCUT2D eigenvalue weighted by molar-refractivity contribution is 7.53. The Morgan fingerprint density at radius 1 is 1.31 bits per heavy atom. The molecule has 1 aromatic rings. The Bertz CT molecular complexity index is 348. The summed E-state index contributed by atoms with van der Waals surface area (Å²) in [6, 6.07) is 9.26. The second-order valence-electron chi connectivity index (χ2n) is 3.06. The predicted octanol–water partition coefficient (Wildman–Crippen LogP) is 1.01. The van der Waals surface area contributed by atoms with Crippen molar-refractivity contribution in [2.24, 2.45) is 0 Å². The maximum Gasteiger partial charge on any atom is 0.349 e. The van der Waals surface area contributed by atoms with Crippen molar-refractivity contribution in [3.63, 3.8) is 0 Å². The molecule has 13 heavy (non-hydrogen) atoms. The highest BCUT2D eigenvalue weighted by Gasteiger charge is 2.47. The van der Waals surface area contributed by atoms with E-state index in [1.807, 2.05) is 30.3 Å². The van der Waals surface area contributed by atoms with Crippen LogP contribution in [0.3, 0.4) is 0 Å². The molecule has 0 radical (unpaired) electrons. The van der Waals surface area contributed by atoms with E-state index in [2.05, 4.69) is 0 Å². The third kappa shape index (κ3) is 1.75. The van der Waals surface area contributed by atoms with Gasteiger partial charge in [0, 0.05) is 5.69 Å². The van der Waals surface area contributed by atoms with Gasteiger partial charge in [0.25, 0.3) is 0 Å². The number of rotatable bonds is 2. The second kappa shape index (κ2) is 2.84. The van der Waals surface area contributed by atoms with Crippen molar-refractivity contribution in [2.45, 2.75) is 5.78 Å². The molecule has 4 nitrogen and oxygen atoms in total. The minimum atomic E-state index is -3.92. The Hall–Kier alpha value is -0.830. The fraction of sp³-hybridized carbons (Fsp3) is 0.250. The standard InChI is InChI=1S/C8H10NO3P/c10-13(11,12)8-6-9(8)7-4-2-1-3-5-7/h1-5,8H,6H2,(H2,10,11,12). The molecule has 1 aliphatic heterocycles. The van der Waals surface area contributed by atoms with Crippen molar-refractivity contribution in [3.8, 4) is 0 Å².